The summed E-state index contributed by atoms with van der Waals surface area (Å²) in [6, 6.07) is 14.7. The number of hydrogen-bond donors (Lipinski definition) is 2. The third-order valence-corrected chi connectivity index (χ3v) is 4.43. The Morgan fingerprint density at radius 3 is 2.37 bits per heavy atom. The fraction of sp³-hybridized carbons (Fsp3) is 0.0476. The lowest BCUT2D eigenvalue weighted by molar-refractivity contribution is -0.377. The Morgan fingerprint density at radius 2 is 1.63 bits per heavy atom. The zero-order valence-electron chi connectivity index (χ0n) is 14.3. The summed E-state index contributed by atoms with van der Waals surface area (Å²) in [5, 5.41) is 35.5. The molecule has 0 radical (unpaired) electrons. The molecule has 134 valence electrons. The number of phenolic OH excluding ortho intramolecular Hbond substituents is 1. The van der Waals surface area contributed by atoms with E-state index in [4.69, 9.17) is 4.99 Å². The van der Waals surface area contributed by atoms with E-state index >= 15 is 0 Å². The molecule has 0 bridgehead atoms. The summed E-state index contributed by atoms with van der Waals surface area (Å²) in [4.78, 5) is 4.34. The number of aromatic hydroxyl groups is 1. The molecule has 0 saturated carbocycles. The monoisotopic (exact) mass is 358 g/mol. The lowest BCUT2D eigenvalue weighted by Crippen LogP contribution is -2.11. The highest BCUT2D eigenvalue weighted by atomic mass is 16.8. The van der Waals surface area contributed by atoms with Crippen molar-refractivity contribution in [3.05, 3.63) is 100 Å². The van der Waals surface area contributed by atoms with Crippen LogP contribution in [-0.2, 0) is 0 Å². The van der Waals surface area contributed by atoms with Crippen molar-refractivity contribution in [1.82, 2.24) is 0 Å². The third-order valence-electron chi connectivity index (χ3n) is 4.43. The molecule has 0 unspecified atom stereocenters. The van der Waals surface area contributed by atoms with E-state index in [1.165, 1.54) is 12.2 Å². The van der Waals surface area contributed by atoms with Crippen LogP contribution in [0.3, 0.4) is 0 Å². The largest absolute Gasteiger partial charge is 0.612 e. The topological polar surface area (TPSA) is 93.8 Å². The zero-order valence-corrected chi connectivity index (χ0v) is 14.3. The molecule has 2 aromatic carbocycles. The van der Waals surface area contributed by atoms with E-state index in [9.17, 15) is 15.5 Å². The number of phenols is 1. The molecule has 0 spiro atoms. The molecule has 1 heterocycles. The van der Waals surface area contributed by atoms with Gasteiger partial charge >= 0.3 is 0 Å². The van der Waals surface area contributed by atoms with Gasteiger partial charge in [-0.05, 0) is 42.0 Å². The normalized spacial score (nSPS) is 15.7. The number of nitrogens with one attached hydrogen (secondary N) is 1. The number of benzene rings is 2. The Labute approximate surface area is 156 Å². The van der Waals surface area contributed by atoms with Crippen LogP contribution in [0, 0.1) is 10.4 Å². The van der Waals surface area contributed by atoms with Gasteiger partial charge in [0.05, 0.1) is 17.1 Å². The van der Waals surface area contributed by atoms with Crippen LogP contribution in [0.2, 0.25) is 0 Å². The van der Waals surface area contributed by atoms with Crippen LogP contribution in [0.25, 0.3) is 0 Å². The highest BCUT2D eigenvalue weighted by Gasteiger charge is 2.19. The average molecular weight is 358 g/mol. The standard InChI is InChI=1S/C21H16N3O3/c25-21-8-4-1-5-16(21)20-13-19(14-9-11-15(12-10-14)24(26)27)22-17-6-2-3-7-18(17)23-20/h1-12,22H,13H2,(H-,23,25,26,27)/q-1. The highest BCUT2D eigenvalue weighted by Crippen LogP contribution is 2.34. The van der Waals surface area contributed by atoms with Gasteiger partial charge in [-0.3, -0.25) is 4.99 Å². The molecule has 2 aromatic rings. The van der Waals surface area contributed by atoms with E-state index in [-0.39, 0.29) is 11.5 Å². The average Bonchev–Trinajstić information content (AvgIpc) is 2.88. The van der Waals surface area contributed by atoms with Crippen LogP contribution < -0.4 is 5.32 Å². The smallest absolute Gasteiger partial charge is 0.222 e. The van der Waals surface area contributed by atoms with Crippen molar-refractivity contribution in [2.75, 3.05) is 5.32 Å². The molecule has 4 rings (SSSR count). The minimum Gasteiger partial charge on any atom is -0.612 e. The van der Waals surface area contributed by atoms with Crippen molar-refractivity contribution in [3.8, 4) is 5.75 Å². The summed E-state index contributed by atoms with van der Waals surface area (Å²) in [5.74, 6) is 0.165. The molecule has 0 amide bonds. The maximum Gasteiger partial charge on any atom is 0.222 e. The minimum atomic E-state index is -0.417. The van der Waals surface area contributed by atoms with Gasteiger partial charge in [-0.15, -0.1) is 0 Å². The van der Waals surface area contributed by atoms with Gasteiger partial charge in [0.1, 0.15) is 5.75 Å². The number of aliphatic imine (C=N–C) groups is 1. The zero-order chi connectivity index (χ0) is 18.8. The fourth-order valence-electron chi connectivity index (χ4n) is 3.07. The van der Waals surface area contributed by atoms with Crippen molar-refractivity contribution >= 4 is 22.8 Å². The molecule has 2 aliphatic rings. The van der Waals surface area contributed by atoms with Gasteiger partial charge in [0.15, 0.2) is 0 Å². The first-order valence-corrected chi connectivity index (χ1v) is 8.44. The second kappa shape index (κ2) is 6.84. The van der Waals surface area contributed by atoms with Crippen molar-refractivity contribution in [2.24, 2.45) is 4.99 Å². The van der Waals surface area contributed by atoms with Crippen molar-refractivity contribution in [2.45, 2.75) is 6.42 Å². The SMILES string of the molecule is [O-][N+]([O-])=C1C=CC(=C2CC(c3ccccc3O)=Nc3ccccc3N2)C=C1. The Morgan fingerprint density at radius 1 is 0.926 bits per heavy atom. The lowest BCUT2D eigenvalue weighted by Gasteiger charge is -2.15. The number of fused-ring (bicyclic) bond motifs is 1. The molecule has 2 N–H and O–H groups in total. The summed E-state index contributed by atoms with van der Waals surface area (Å²) in [6.07, 6.45) is 6.85. The quantitative estimate of drug-likeness (QED) is 0.591. The van der Waals surface area contributed by atoms with Gasteiger partial charge in [0.25, 0.3) is 0 Å². The van der Waals surface area contributed by atoms with E-state index < -0.39 is 4.90 Å². The van der Waals surface area contributed by atoms with Crippen LogP contribution >= 0.6 is 0 Å². The predicted molar refractivity (Wildman–Crippen MR) is 106 cm³/mol. The van der Waals surface area contributed by atoms with E-state index in [1.54, 1.807) is 24.3 Å². The molecule has 6 nitrogen and oxygen atoms in total. The lowest BCUT2D eigenvalue weighted by atomic mass is 9.99. The van der Waals surface area contributed by atoms with Gasteiger partial charge in [-0.2, -0.15) is 4.90 Å². The van der Waals surface area contributed by atoms with Crippen LogP contribution in [0.5, 0.6) is 5.75 Å². The van der Waals surface area contributed by atoms with Gasteiger partial charge in [0, 0.05) is 29.8 Å². The van der Waals surface area contributed by atoms with Crippen LogP contribution in [0.15, 0.2) is 89.1 Å². The van der Waals surface area contributed by atoms with Crippen LogP contribution in [0.1, 0.15) is 12.0 Å². The number of para-hydroxylation sites is 3. The summed E-state index contributed by atoms with van der Waals surface area (Å²) in [6.45, 7) is 0. The van der Waals surface area contributed by atoms with E-state index in [0.717, 1.165) is 28.4 Å². The molecule has 0 atom stereocenters. The Kier molecular flexibility index (Phi) is 4.22. The third kappa shape index (κ3) is 3.32. The van der Waals surface area contributed by atoms with E-state index in [0.29, 0.717) is 12.0 Å². The van der Waals surface area contributed by atoms with Gasteiger partial charge in [-0.25, -0.2) is 0 Å². The van der Waals surface area contributed by atoms with Gasteiger partial charge in [-0.1, -0.05) is 24.3 Å². The fourth-order valence-corrected chi connectivity index (χ4v) is 3.07. The minimum absolute atomic E-state index is 0.0444. The highest BCUT2D eigenvalue weighted by molar-refractivity contribution is 6.07. The molecule has 0 fully saturated rings. The molecule has 1 aliphatic carbocycles. The predicted octanol–water partition coefficient (Wildman–Crippen LogP) is 4.16. The van der Waals surface area contributed by atoms with Crippen LogP contribution in [0.4, 0.5) is 11.4 Å². The van der Waals surface area contributed by atoms with Crippen LogP contribution in [-0.4, -0.2) is 21.4 Å². The summed E-state index contributed by atoms with van der Waals surface area (Å²) in [5.41, 5.74) is 4.73. The van der Waals surface area contributed by atoms with Gasteiger partial charge < -0.3 is 20.8 Å². The molecule has 6 heteroatoms. The van der Waals surface area contributed by atoms with Gasteiger partial charge in [0.2, 0.25) is 5.71 Å². The van der Waals surface area contributed by atoms with E-state index in [2.05, 4.69) is 5.32 Å². The Hall–Kier alpha value is -3.80. The van der Waals surface area contributed by atoms with E-state index in [1.807, 2.05) is 36.4 Å². The number of allylic oxidation sites excluding steroid dienone is 6. The molecular formula is C21H16N3O3-. The maximum atomic E-state index is 10.9. The Balaban J connectivity index is 1.83. The molecule has 0 aromatic heterocycles. The summed E-state index contributed by atoms with van der Waals surface area (Å²) in [7, 11) is 0. The van der Waals surface area contributed by atoms with Crippen molar-refractivity contribution < 1.29 is 10.0 Å². The Bertz CT molecular complexity index is 1040. The molecular weight excluding hydrogens is 342 g/mol. The summed E-state index contributed by atoms with van der Waals surface area (Å²) < 4.78 is 0. The first kappa shape index (κ1) is 16.7. The van der Waals surface area contributed by atoms with Crippen molar-refractivity contribution in [3.63, 3.8) is 0 Å². The first-order chi connectivity index (χ1) is 13.1. The second-order valence-corrected chi connectivity index (χ2v) is 6.18. The molecule has 1 aliphatic heterocycles. The summed E-state index contributed by atoms with van der Waals surface area (Å²) >= 11 is 0. The molecule has 0 saturated heterocycles. The maximum absolute atomic E-state index is 10.9. The van der Waals surface area contributed by atoms with Crippen molar-refractivity contribution in [1.29, 1.82) is 0 Å². The number of hydrogen-bond acceptors (Lipinski definition) is 5. The number of anilines is 1. The number of nitrogens with zero attached hydrogens (tertiary/aromatic N) is 2. The first-order valence-electron chi connectivity index (χ1n) is 8.44. The molecule has 27 heavy (non-hydrogen) atoms. The number of rotatable bonds is 1. The second-order valence-electron chi connectivity index (χ2n) is 6.18.